The lowest BCUT2D eigenvalue weighted by Gasteiger charge is -2.49. The smallest absolute Gasteiger partial charge is 0.358 e. The van der Waals surface area contributed by atoms with Gasteiger partial charge in [-0.1, -0.05) is 15.7 Å². The number of fused-ring (bicyclic) bond motifs is 1. The molecule has 188 valence electrons. The molecule has 36 heavy (non-hydrogen) atoms. The Morgan fingerprint density at radius 2 is 2.14 bits per heavy atom. The van der Waals surface area contributed by atoms with Crippen LogP contribution in [0.3, 0.4) is 0 Å². The van der Waals surface area contributed by atoms with Crippen LogP contribution in [0.1, 0.15) is 18.3 Å². The van der Waals surface area contributed by atoms with Crippen LogP contribution in [-0.4, -0.2) is 78.1 Å². The Morgan fingerprint density at radius 1 is 1.33 bits per heavy atom. The molecule has 1 saturated heterocycles. The number of carbonyl (C=O) groups excluding carboxylic acids is 4. The van der Waals surface area contributed by atoms with E-state index in [2.05, 4.69) is 29.8 Å². The molecule has 2 aromatic heterocycles. The van der Waals surface area contributed by atoms with Crippen molar-refractivity contribution in [2.75, 3.05) is 18.3 Å². The van der Waals surface area contributed by atoms with E-state index in [0.29, 0.717) is 11.3 Å². The monoisotopic (exact) mass is 551 g/mol. The van der Waals surface area contributed by atoms with Gasteiger partial charge in [0, 0.05) is 23.4 Å². The number of aromatic nitrogens is 3. The number of oxime groups is 1. The summed E-state index contributed by atoms with van der Waals surface area (Å²) in [5.41, 5.74) is 6.18. The minimum atomic E-state index is -1.01. The molecule has 0 bridgehead atoms. The van der Waals surface area contributed by atoms with Crippen LogP contribution in [0.2, 0.25) is 0 Å². The zero-order chi connectivity index (χ0) is 25.8. The molecule has 2 unspecified atom stereocenters. The van der Waals surface area contributed by atoms with Crippen molar-refractivity contribution in [3.05, 3.63) is 39.5 Å². The lowest BCUT2D eigenvalue weighted by atomic mass is 10.0. The highest BCUT2D eigenvalue weighted by atomic mass is 32.2. The van der Waals surface area contributed by atoms with Gasteiger partial charge in [-0.05, 0) is 23.2 Å². The van der Waals surface area contributed by atoms with Gasteiger partial charge in [0.15, 0.2) is 10.8 Å². The number of nitrogens with two attached hydrogens (primary N) is 1. The van der Waals surface area contributed by atoms with Gasteiger partial charge < -0.3 is 25.7 Å². The number of nitrogen functional groups attached to an aromatic ring is 1. The number of esters is 2. The van der Waals surface area contributed by atoms with Crippen LogP contribution in [-0.2, 0) is 28.7 Å². The van der Waals surface area contributed by atoms with Gasteiger partial charge in [-0.25, -0.2) is 9.78 Å². The Hall–Kier alpha value is -3.83. The molecule has 0 radical (unpaired) electrons. The van der Waals surface area contributed by atoms with Crippen LogP contribution >= 0.6 is 34.6 Å². The van der Waals surface area contributed by atoms with Crippen LogP contribution in [0.4, 0.5) is 5.13 Å². The summed E-state index contributed by atoms with van der Waals surface area (Å²) < 4.78 is 13.5. The highest BCUT2D eigenvalue weighted by molar-refractivity contribution is 8.00. The number of ether oxygens (including phenoxy) is 2. The fraction of sp³-hybridized carbons (Fsp3) is 0.263. The van der Waals surface area contributed by atoms with Crippen molar-refractivity contribution in [1.29, 1.82) is 0 Å². The van der Waals surface area contributed by atoms with Crippen LogP contribution in [0.5, 0.6) is 0 Å². The molecule has 2 aliphatic heterocycles. The van der Waals surface area contributed by atoms with Crippen molar-refractivity contribution in [1.82, 2.24) is 24.8 Å². The highest BCUT2D eigenvalue weighted by Gasteiger charge is 2.54. The molecule has 0 aliphatic carbocycles. The zero-order valence-corrected chi connectivity index (χ0v) is 20.8. The molecule has 2 aliphatic rings. The molecule has 2 amide bonds. The Balaban J connectivity index is 1.54. The number of β-lactam (4-membered cyclic amide) rings is 1. The first-order valence-electron chi connectivity index (χ1n) is 9.98. The lowest BCUT2D eigenvalue weighted by Crippen LogP contribution is -2.71. The summed E-state index contributed by atoms with van der Waals surface area (Å²) in [5, 5.41) is 21.4. The molecule has 0 aromatic carbocycles. The summed E-state index contributed by atoms with van der Waals surface area (Å²) in [6, 6.07) is -1.01. The van der Waals surface area contributed by atoms with Gasteiger partial charge in [-0.3, -0.25) is 19.3 Å². The van der Waals surface area contributed by atoms with Gasteiger partial charge in [0.25, 0.3) is 11.8 Å². The van der Waals surface area contributed by atoms with Gasteiger partial charge in [0.2, 0.25) is 6.79 Å². The van der Waals surface area contributed by atoms with Crippen LogP contribution in [0.25, 0.3) is 6.08 Å². The van der Waals surface area contributed by atoms with E-state index in [1.54, 1.807) is 17.5 Å². The molecule has 2 aromatic rings. The Kier molecular flexibility index (Phi) is 7.61. The van der Waals surface area contributed by atoms with E-state index in [4.69, 9.17) is 10.5 Å². The van der Waals surface area contributed by atoms with Crippen molar-refractivity contribution < 1.29 is 33.9 Å². The lowest BCUT2D eigenvalue weighted by molar-refractivity contribution is -0.166. The second-order valence-electron chi connectivity index (χ2n) is 7.10. The van der Waals surface area contributed by atoms with Crippen LogP contribution < -0.4 is 11.1 Å². The molecular weight excluding hydrogens is 534 g/mol. The Labute approximate surface area is 215 Å². The number of anilines is 1. The predicted octanol–water partition coefficient (Wildman–Crippen LogP) is 0.186. The maximum Gasteiger partial charge on any atom is 0.358 e. The van der Waals surface area contributed by atoms with Crippen molar-refractivity contribution in [3.63, 3.8) is 0 Å². The van der Waals surface area contributed by atoms with E-state index < -0.39 is 47.7 Å². The first-order valence-corrected chi connectivity index (χ1v) is 12.7. The maximum absolute atomic E-state index is 13.0. The molecule has 1 fully saturated rings. The number of thioether (sulfide) groups is 1. The summed E-state index contributed by atoms with van der Waals surface area (Å²) in [6.45, 7) is 0.532. The summed E-state index contributed by atoms with van der Waals surface area (Å²) in [5.74, 6) is -2.67. The first-order chi connectivity index (χ1) is 17.3. The third-order valence-electron chi connectivity index (χ3n) is 4.84. The number of nitrogens with one attached hydrogen (secondary N) is 1. The number of carbonyl (C=O) groups is 4. The second kappa shape index (κ2) is 10.8. The van der Waals surface area contributed by atoms with Crippen molar-refractivity contribution >= 4 is 75.3 Å². The molecule has 0 spiro atoms. The number of hydrogen-bond donors (Lipinski definition) is 3. The molecule has 0 saturated carbocycles. The number of rotatable bonds is 8. The number of nitrogens with zero attached hydrogens (tertiary/aromatic N) is 5. The summed E-state index contributed by atoms with van der Waals surface area (Å²) in [6.07, 6.45) is 3.25. The minimum Gasteiger partial charge on any atom is -0.428 e. The highest BCUT2D eigenvalue weighted by Crippen LogP contribution is 2.41. The van der Waals surface area contributed by atoms with Gasteiger partial charge in [0.05, 0.1) is 5.69 Å². The largest absolute Gasteiger partial charge is 0.428 e. The van der Waals surface area contributed by atoms with Crippen LogP contribution in [0, 0.1) is 0 Å². The van der Waals surface area contributed by atoms with Crippen molar-refractivity contribution in [2.45, 2.75) is 18.3 Å². The van der Waals surface area contributed by atoms with Gasteiger partial charge in [-0.15, -0.1) is 28.2 Å². The molecule has 17 heteroatoms. The third kappa shape index (κ3) is 5.21. The number of amides is 2. The first kappa shape index (κ1) is 25.3. The fourth-order valence-corrected chi connectivity index (χ4v) is 5.53. The predicted molar refractivity (Wildman–Crippen MR) is 129 cm³/mol. The van der Waals surface area contributed by atoms with Crippen molar-refractivity contribution in [3.8, 4) is 0 Å². The minimum absolute atomic E-state index is 0.0517. The van der Waals surface area contributed by atoms with E-state index in [9.17, 15) is 24.4 Å². The normalized spacial score (nSPS) is 19.6. The van der Waals surface area contributed by atoms with Crippen LogP contribution in [0.15, 0.2) is 33.3 Å². The van der Waals surface area contributed by atoms with E-state index in [1.165, 1.54) is 22.0 Å². The van der Waals surface area contributed by atoms with E-state index in [-0.39, 0.29) is 22.3 Å². The topological polar surface area (TPSA) is 199 Å². The maximum atomic E-state index is 13.0. The van der Waals surface area contributed by atoms with E-state index in [1.807, 2.05) is 0 Å². The standard InChI is InChI=1S/C19H17N7O7S3/c1-8(27)32-7-33-18(30)14-9(2-3-10-5-36-25-23-10)4-34-17-13(16(29)26(14)17)22-15(28)12(24-31)11-6-35-19(20)21-11/h2-3,5-6,13,17,31H,4,7H2,1H3,(H2,20,21)(H,22,28)/b3-2+,24-12-. The molecule has 4 rings (SSSR count). The van der Waals surface area contributed by atoms with Gasteiger partial charge in [0.1, 0.15) is 22.8 Å². The Morgan fingerprint density at radius 3 is 2.78 bits per heavy atom. The zero-order valence-electron chi connectivity index (χ0n) is 18.3. The van der Waals surface area contributed by atoms with E-state index >= 15 is 0 Å². The summed E-state index contributed by atoms with van der Waals surface area (Å²) >= 11 is 3.50. The number of hydrogen-bond acceptors (Lipinski definition) is 15. The SMILES string of the molecule is CC(=O)OCOC(=O)C1=C(/C=C/c2csnn2)CSC2C(NC(=O)/C(=N\O)c3csc(N)n3)C(=O)N12. The molecule has 2 atom stereocenters. The average Bonchev–Trinajstić information content (AvgIpc) is 3.52. The summed E-state index contributed by atoms with van der Waals surface area (Å²) in [4.78, 5) is 54.7. The summed E-state index contributed by atoms with van der Waals surface area (Å²) in [7, 11) is 0. The fourth-order valence-electron chi connectivity index (χ4n) is 3.24. The average molecular weight is 552 g/mol. The number of thiazole rings is 1. The molecule has 4 heterocycles. The quantitative estimate of drug-likeness (QED) is 0.101. The second-order valence-corrected chi connectivity index (χ2v) is 9.71. The Bertz CT molecular complexity index is 1290. The molecular formula is C19H17N7O7S3. The van der Waals surface area contributed by atoms with E-state index in [0.717, 1.165) is 29.8 Å². The molecule has 14 nitrogen and oxygen atoms in total. The van der Waals surface area contributed by atoms with Crippen molar-refractivity contribution in [2.24, 2.45) is 5.16 Å². The molecule has 4 N–H and O–H groups in total. The number of allylic oxidation sites excluding steroid dienone is 1. The third-order valence-corrected chi connectivity index (χ3v) is 7.34. The van der Waals surface area contributed by atoms with Gasteiger partial charge in [-0.2, -0.15) is 0 Å². The van der Waals surface area contributed by atoms with Gasteiger partial charge >= 0.3 is 11.9 Å².